The van der Waals surface area contributed by atoms with Crippen LogP contribution in [0.5, 0.6) is 0 Å². The molecule has 188 valence electrons. The van der Waals surface area contributed by atoms with Crippen molar-refractivity contribution < 1.29 is 0 Å². The molecule has 0 aromatic heterocycles. The van der Waals surface area contributed by atoms with Gasteiger partial charge >= 0.3 is 0 Å². The van der Waals surface area contributed by atoms with Crippen LogP contribution in [0.4, 0.5) is 5.69 Å². The first-order valence-corrected chi connectivity index (χ1v) is 14.6. The number of anilines is 1. The molecule has 1 aromatic carbocycles. The van der Waals surface area contributed by atoms with Gasteiger partial charge in [0.25, 0.3) is 0 Å². The Bertz CT molecular complexity index is 870. The highest BCUT2D eigenvalue weighted by Crippen LogP contribution is 2.65. The number of fused-ring (bicyclic) bond motifs is 5. The SMILES string of the molecule is CC.CC[C@@]1(C)CCC2C(CCC3C2CCC2(C)C(C(C)Nc4cccc(C#N)c4)CCC32)C1. The lowest BCUT2D eigenvalue weighted by molar-refractivity contribution is -0.0793. The molecule has 0 radical (unpaired) electrons. The van der Waals surface area contributed by atoms with Crippen LogP contribution in [0.3, 0.4) is 0 Å². The smallest absolute Gasteiger partial charge is 0.0992 e. The Kier molecular flexibility index (Phi) is 7.71. The van der Waals surface area contributed by atoms with Gasteiger partial charge in [-0.3, -0.25) is 0 Å². The summed E-state index contributed by atoms with van der Waals surface area (Å²) in [7, 11) is 0. The normalized spacial score (nSPS) is 41.6. The highest BCUT2D eigenvalue weighted by molar-refractivity contribution is 5.49. The summed E-state index contributed by atoms with van der Waals surface area (Å²) in [5, 5.41) is 13.1. The van der Waals surface area contributed by atoms with E-state index < -0.39 is 0 Å². The van der Waals surface area contributed by atoms with Crippen LogP contribution in [0.25, 0.3) is 0 Å². The molecular formula is C32H50N2. The predicted molar refractivity (Wildman–Crippen MR) is 145 cm³/mol. The number of hydrogen-bond donors (Lipinski definition) is 1. The van der Waals surface area contributed by atoms with Crippen molar-refractivity contribution in [3.8, 4) is 6.07 Å². The zero-order valence-corrected chi connectivity index (χ0v) is 22.9. The largest absolute Gasteiger partial charge is 0.382 e. The lowest BCUT2D eigenvalue weighted by Crippen LogP contribution is -2.50. The summed E-state index contributed by atoms with van der Waals surface area (Å²) in [6.45, 7) is 14.0. The average Bonchev–Trinajstić information content (AvgIpc) is 3.22. The fourth-order valence-electron chi connectivity index (χ4n) is 9.41. The Labute approximate surface area is 210 Å². The molecule has 2 heteroatoms. The number of hydrogen-bond acceptors (Lipinski definition) is 2. The van der Waals surface area contributed by atoms with Gasteiger partial charge in [-0.15, -0.1) is 0 Å². The fourth-order valence-corrected chi connectivity index (χ4v) is 9.41. The second-order valence-electron chi connectivity index (χ2n) is 12.7. The third-order valence-electron chi connectivity index (χ3n) is 11.3. The highest BCUT2D eigenvalue weighted by atomic mass is 14.9. The van der Waals surface area contributed by atoms with Crippen molar-refractivity contribution in [1.29, 1.82) is 5.26 Å². The summed E-state index contributed by atoms with van der Waals surface area (Å²) in [5.74, 6) is 5.72. The van der Waals surface area contributed by atoms with Gasteiger partial charge in [0.15, 0.2) is 0 Å². The first-order chi connectivity index (χ1) is 16.4. The third-order valence-corrected chi connectivity index (χ3v) is 11.3. The maximum atomic E-state index is 9.26. The molecule has 0 saturated heterocycles. The molecule has 0 bridgehead atoms. The third kappa shape index (κ3) is 4.54. The van der Waals surface area contributed by atoms with E-state index in [0.29, 0.717) is 16.9 Å². The fraction of sp³-hybridized carbons (Fsp3) is 0.781. The van der Waals surface area contributed by atoms with Crippen molar-refractivity contribution >= 4 is 5.69 Å². The summed E-state index contributed by atoms with van der Waals surface area (Å²) in [6, 6.07) is 10.8. The van der Waals surface area contributed by atoms with Crippen molar-refractivity contribution in [2.45, 2.75) is 112 Å². The maximum absolute atomic E-state index is 9.26. The lowest BCUT2D eigenvalue weighted by atomic mass is 9.48. The minimum Gasteiger partial charge on any atom is -0.382 e. The van der Waals surface area contributed by atoms with Crippen molar-refractivity contribution in [1.82, 2.24) is 0 Å². The topological polar surface area (TPSA) is 35.8 Å². The van der Waals surface area contributed by atoms with E-state index in [0.717, 1.165) is 46.8 Å². The summed E-state index contributed by atoms with van der Waals surface area (Å²) < 4.78 is 0. The van der Waals surface area contributed by atoms with Crippen LogP contribution in [0.15, 0.2) is 24.3 Å². The molecule has 9 atom stereocenters. The Hall–Kier alpha value is -1.49. The highest BCUT2D eigenvalue weighted by Gasteiger charge is 2.58. The molecule has 34 heavy (non-hydrogen) atoms. The Morgan fingerprint density at radius 2 is 1.76 bits per heavy atom. The molecule has 4 saturated carbocycles. The zero-order chi connectivity index (χ0) is 24.5. The molecule has 5 rings (SSSR count). The van der Waals surface area contributed by atoms with Gasteiger partial charge in [-0.1, -0.05) is 47.1 Å². The second kappa shape index (κ2) is 10.2. The average molecular weight is 463 g/mol. The predicted octanol–water partition coefficient (Wildman–Crippen LogP) is 9.07. The molecule has 4 aliphatic rings. The zero-order valence-electron chi connectivity index (χ0n) is 22.9. The van der Waals surface area contributed by atoms with Gasteiger partial charge in [0.05, 0.1) is 11.6 Å². The molecule has 2 nitrogen and oxygen atoms in total. The molecule has 8 unspecified atom stereocenters. The van der Waals surface area contributed by atoms with Gasteiger partial charge in [-0.25, -0.2) is 0 Å². The van der Waals surface area contributed by atoms with E-state index in [-0.39, 0.29) is 0 Å². The minimum atomic E-state index is 0.465. The second-order valence-corrected chi connectivity index (χ2v) is 12.7. The number of nitrogens with zero attached hydrogens (tertiary/aromatic N) is 1. The monoisotopic (exact) mass is 462 g/mol. The molecule has 0 aliphatic heterocycles. The van der Waals surface area contributed by atoms with E-state index in [4.69, 9.17) is 0 Å². The number of rotatable bonds is 4. The molecule has 0 spiro atoms. The van der Waals surface area contributed by atoms with Gasteiger partial charge in [0.1, 0.15) is 0 Å². The van der Waals surface area contributed by atoms with Crippen LogP contribution in [-0.4, -0.2) is 6.04 Å². The van der Waals surface area contributed by atoms with Crippen LogP contribution in [0.1, 0.15) is 111 Å². The van der Waals surface area contributed by atoms with Crippen LogP contribution in [0, 0.1) is 57.7 Å². The number of nitriles is 1. The van der Waals surface area contributed by atoms with Crippen molar-refractivity contribution in [3.05, 3.63) is 29.8 Å². The summed E-state index contributed by atoms with van der Waals surface area (Å²) in [6.07, 6.45) is 14.6. The molecule has 1 aromatic rings. The van der Waals surface area contributed by atoms with Crippen LogP contribution < -0.4 is 5.32 Å². The Morgan fingerprint density at radius 3 is 2.50 bits per heavy atom. The van der Waals surface area contributed by atoms with E-state index in [9.17, 15) is 5.26 Å². The van der Waals surface area contributed by atoms with Gasteiger partial charge < -0.3 is 5.32 Å². The molecule has 0 heterocycles. The first kappa shape index (κ1) is 25.6. The van der Waals surface area contributed by atoms with Crippen LogP contribution in [0.2, 0.25) is 0 Å². The van der Waals surface area contributed by atoms with Crippen LogP contribution >= 0.6 is 0 Å². The number of benzene rings is 1. The van der Waals surface area contributed by atoms with E-state index >= 15 is 0 Å². The quantitative estimate of drug-likeness (QED) is 0.484. The number of nitrogens with one attached hydrogen (secondary N) is 1. The summed E-state index contributed by atoms with van der Waals surface area (Å²) in [5.41, 5.74) is 2.97. The summed E-state index contributed by atoms with van der Waals surface area (Å²) >= 11 is 0. The van der Waals surface area contributed by atoms with Gasteiger partial charge in [0.2, 0.25) is 0 Å². The summed E-state index contributed by atoms with van der Waals surface area (Å²) in [4.78, 5) is 0. The minimum absolute atomic E-state index is 0.465. The molecular weight excluding hydrogens is 412 g/mol. The maximum Gasteiger partial charge on any atom is 0.0992 e. The standard InChI is InChI=1S/C30H44N2.C2H6/c1-5-29(3)15-13-24-22(18-29)9-10-26-25(24)14-16-30(4)27(11-12-28(26)30)20(2)32-23-8-6-7-21(17-23)19-31;1-2/h6-8,17,20,22,24-28,32H,5,9-16,18H2,1-4H3;1-2H3/t20?,22?,24?,25?,26?,27?,28?,29-,30?;/m0./s1. The van der Waals surface area contributed by atoms with Gasteiger partial charge in [-0.05, 0) is 129 Å². The first-order valence-electron chi connectivity index (χ1n) is 14.6. The Morgan fingerprint density at radius 1 is 1.00 bits per heavy atom. The molecule has 0 amide bonds. The van der Waals surface area contributed by atoms with Crippen molar-refractivity contribution in [2.75, 3.05) is 5.32 Å². The lowest BCUT2D eigenvalue weighted by Gasteiger charge is -2.58. The molecule has 4 aliphatic carbocycles. The van der Waals surface area contributed by atoms with Crippen LogP contribution in [-0.2, 0) is 0 Å². The van der Waals surface area contributed by atoms with Gasteiger partial charge in [-0.2, -0.15) is 5.26 Å². The molecule has 1 N–H and O–H groups in total. The van der Waals surface area contributed by atoms with Gasteiger partial charge in [0, 0.05) is 11.7 Å². The van der Waals surface area contributed by atoms with E-state index in [1.54, 1.807) is 0 Å². The molecule has 4 fully saturated rings. The van der Waals surface area contributed by atoms with E-state index in [1.165, 1.54) is 64.2 Å². The van der Waals surface area contributed by atoms with Crippen molar-refractivity contribution in [3.63, 3.8) is 0 Å². The van der Waals surface area contributed by atoms with E-state index in [1.807, 2.05) is 32.0 Å². The Balaban J connectivity index is 0.00000133. The van der Waals surface area contributed by atoms with Crippen molar-refractivity contribution in [2.24, 2.45) is 46.3 Å². The van der Waals surface area contributed by atoms with E-state index in [2.05, 4.69) is 45.1 Å².